The predicted molar refractivity (Wildman–Crippen MR) is 327 cm³/mol. The monoisotopic (exact) mass is 1530 g/mol. The fourth-order valence-corrected chi connectivity index (χ4v) is 14.7. The van der Waals surface area contributed by atoms with Crippen LogP contribution in [-0.4, -0.2) is 435 Å². The van der Waals surface area contributed by atoms with Gasteiger partial charge in [-0.25, -0.2) is 0 Å². The molecule has 21 fully saturated rings. The van der Waals surface area contributed by atoms with Crippen molar-refractivity contribution in [1.82, 2.24) is 5.32 Å². The molecule has 22 N–H and O–H groups in total. The molecule has 36 atom stereocenters. The number of carboxylic acids is 2. The Morgan fingerprint density at radius 2 is 0.765 bits per heavy atom. The van der Waals surface area contributed by atoms with E-state index in [1.165, 1.54) is 14.0 Å². The third kappa shape index (κ3) is 20.3. The molecule has 21 saturated heterocycles. The molecule has 13 unspecified atom stereocenters. The lowest BCUT2D eigenvalue weighted by molar-refractivity contribution is -0.432. The molecule has 0 aromatic rings. The summed E-state index contributed by atoms with van der Waals surface area (Å²) in [7, 11) is 1.34. The summed E-state index contributed by atoms with van der Waals surface area (Å²) in [5, 5.41) is 240. The molecule has 0 spiro atoms. The standard InChI is InChI=1S/C58H95NO41S2/c1-19(64)3-5-85-7-8-86-6-4-21(65)9-20(49(80)81)14-101-16-27-46-32(69)38(75)55(92-27)96-44-25(12-62)89-52(36(73)30(44)67)95-43-24(11-61)90-54(37(74)31(43)68)99-47-28(17-102-15-22(59-2)50(82)83)93-56(39(76)33(47)70)97-45-26(13-63)91-57(40(77)34(45)71)100-58(84)18-87-51(41(78)48(58)79)94-42-23(10-60)88-53(98-46)35(72)29(42)66/h20,22-48,51-57,59-63,66-79,84H,3-18H2,1-2H3,(H,80,81)(H,82,83)/t20-,22-,23?,24?,25?,26?,27?,28?,29-,30-,31-,32-,33-,34-,35?,36?,37?,38?,39?,40?,41?,42-,43-,44+,45-,46-,47-,48-,51-,52+,53-,54-,55-,56-,57-,58-/m1/s1. The Bertz CT molecular complexity index is 2610. The molecule has 21 aliphatic heterocycles. The molecule has 21 aliphatic rings. The predicted octanol–water partition coefficient (Wildman–Crippen LogP) is -13.1. The highest BCUT2D eigenvalue weighted by Crippen LogP contribution is 2.40. The molecule has 0 amide bonds. The summed E-state index contributed by atoms with van der Waals surface area (Å²) in [5.74, 6) is -9.25. The van der Waals surface area contributed by atoms with E-state index in [0.717, 1.165) is 23.5 Å². The second-order valence-electron chi connectivity index (χ2n) is 25.5. The number of nitrogens with one attached hydrogen (secondary N) is 1. The van der Waals surface area contributed by atoms with Gasteiger partial charge in [0.15, 0.2) is 44.0 Å². The van der Waals surface area contributed by atoms with Crippen molar-refractivity contribution in [1.29, 1.82) is 0 Å². The quantitative estimate of drug-likeness (QED) is 0.0358. The first kappa shape index (κ1) is 85.2. The summed E-state index contributed by atoms with van der Waals surface area (Å²) >= 11 is 1.65. The summed E-state index contributed by atoms with van der Waals surface area (Å²) in [5.41, 5.74) is 0. The minimum absolute atomic E-state index is 0.0643. The van der Waals surface area contributed by atoms with Gasteiger partial charge in [0, 0.05) is 42.3 Å². The van der Waals surface area contributed by atoms with Gasteiger partial charge in [-0.2, -0.15) is 23.5 Å². The van der Waals surface area contributed by atoms with Crippen LogP contribution in [0, 0.1) is 5.92 Å². The number of carbonyl (C=O) groups is 4. The number of carboxylic acid groups (broad SMARTS) is 2. The number of aliphatic hydroxyl groups excluding tert-OH is 18. The first-order chi connectivity index (χ1) is 48.4. The third-order valence-electron chi connectivity index (χ3n) is 18.3. The highest BCUT2D eigenvalue weighted by molar-refractivity contribution is 7.99. The summed E-state index contributed by atoms with van der Waals surface area (Å²) in [6, 6.07) is -1.19. The molecule has 42 nitrogen and oxygen atoms in total. The number of hydrogen-bond acceptors (Lipinski definition) is 42. The van der Waals surface area contributed by atoms with Gasteiger partial charge >= 0.3 is 11.9 Å². The van der Waals surface area contributed by atoms with E-state index < -0.39 is 283 Å². The number of rotatable bonds is 26. The van der Waals surface area contributed by atoms with Crippen LogP contribution in [0.2, 0.25) is 0 Å². The summed E-state index contributed by atoms with van der Waals surface area (Å²) < 4.78 is 92.4. The number of likely N-dealkylation sites (N-methyl/N-ethyl adjacent to an activating group) is 1. The van der Waals surface area contributed by atoms with Crippen molar-refractivity contribution in [2.24, 2.45) is 5.92 Å². The van der Waals surface area contributed by atoms with Crippen LogP contribution < -0.4 is 5.32 Å². The average Bonchev–Trinajstić information content (AvgIpc) is 0.774. The number of aliphatic carboxylic acids is 2. The Labute approximate surface area is 588 Å². The van der Waals surface area contributed by atoms with Gasteiger partial charge in [-0.05, 0) is 14.0 Å². The van der Waals surface area contributed by atoms with Crippen LogP contribution in [-0.2, 0) is 95.0 Å². The van der Waals surface area contributed by atoms with Crippen molar-refractivity contribution in [2.45, 2.75) is 241 Å². The molecular weight excluding hydrogens is 1430 g/mol. The topological polar surface area (TPSA) is 653 Å². The van der Waals surface area contributed by atoms with Crippen molar-refractivity contribution < 1.29 is 202 Å². The maximum absolute atomic E-state index is 13.0. The van der Waals surface area contributed by atoms with E-state index in [4.69, 9.17) is 75.8 Å². The molecule has 21 rings (SSSR count). The summed E-state index contributed by atoms with van der Waals surface area (Å²) in [6.07, 6.45) is -70.3. The highest BCUT2D eigenvalue weighted by Gasteiger charge is 2.61. The van der Waals surface area contributed by atoms with E-state index in [-0.39, 0.29) is 62.3 Å². The SMILES string of the molecule is CN[C@H](CSCC1O[C@@H]2O[C@@H]3C(CO)O[C@H](O[C@]4(O)CO[C@H](O[C@@H]5C(CO)O[C@H](O[C@@H]6C(CSC[C@@H](CC(=O)CCOCCOCCC(C)=O)C(=O)O)O[C@H](O[C@H]7C(CO)O[C@@H](O[C@@H]8C(CO)O[C@H](O[C@H]1[C@H](O)C2O)C(O)[C@H]8O)C(O)[C@H]7O)C(O)[C@H]6O)C(O)[C@H]5O)C(O)[C@H]4O)C(O)[C@H]3O)C(=O)O. The van der Waals surface area contributed by atoms with Crippen molar-refractivity contribution >= 4 is 47.0 Å². The number of hydrogen-bond donors (Lipinski definition) is 22. The molecule has 0 saturated carbocycles. The fourth-order valence-electron chi connectivity index (χ4n) is 12.3. The minimum atomic E-state index is -3.14. The lowest BCUT2D eigenvalue weighted by Gasteiger charge is -2.50. The van der Waals surface area contributed by atoms with Gasteiger partial charge in [0.05, 0.1) is 71.0 Å². The van der Waals surface area contributed by atoms with E-state index in [0.29, 0.717) is 0 Å². The molecule has 0 aliphatic carbocycles. The van der Waals surface area contributed by atoms with Gasteiger partial charge in [0.2, 0.25) is 5.79 Å². The molecule has 14 bridgehead atoms. The number of Topliss-reactive ketones (excluding diaryl/α,β-unsaturated/α-hetero) is 2. The molecule has 0 aromatic carbocycles. The Morgan fingerprint density at radius 3 is 1.12 bits per heavy atom. The molecule has 21 heterocycles. The van der Waals surface area contributed by atoms with Crippen molar-refractivity contribution in [3.8, 4) is 0 Å². The molecule has 0 radical (unpaired) electrons. The van der Waals surface area contributed by atoms with Crippen LogP contribution in [0.15, 0.2) is 0 Å². The molecule has 590 valence electrons. The Morgan fingerprint density at radius 1 is 0.431 bits per heavy atom. The normalized spacial score (nSPS) is 45.2. The van der Waals surface area contributed by atoms with Crippen LogP contribution in [0.3, 0.4) is 0 Å². The largest absolute Gasteiger partial charge is 0.481 e. The number of ether oxygens (including phenoxy) is 16. The van der Waals surface area contributed by atoms with Crippen molar-refractivity contribution in [3.63, 3.8) is 0 Å². The Hall–Kier alpha value is -2.46. The number of ketones is 2. The minimum Gasteiger partial charge on any atom is -0.481 e. The summed E-state index contributed by atoms with van der Waals surface area (Å²) in [6.45, 7) is -4.08. The van der Waals surface area contributed by atoms with Crippen LogP contribution >= 0.6 is 23.5 Å². The zero-order valence-corrected chi connectivity index (χ0v) is 56.5. The van der Waals surface area contributed by atoms with E-state index in [2.05, 4.69) is 5.32 Å². The zero-order chi connectivity index (χ0) is 74.8. The second kappa shape index (κ2) is 38.8. The number of aliphatic hydroxyl groups is 19. The van der Waals surface area contributed by atoms with Gasteiger partial charge < -0.3 is 188 Å². The van der Waals surface area contributed by atoms with Gasteiger partial charge in [-0.3, -0.25) is 19.2 Å². The third-order valence-corrected chi connectivity index (χ3v) is 20.6. The lowest BCUT2D eigenvalue weighted by atomic mass is 9.95. The van der Waals surface area contributed by atoms with Crippen LogP contribution in [0.4, 0.5) is 0 Å². The van der Waals surface area contributed by atoms with E-state index in [9.17, 15) is 126 Å². The maximum atomic E-state index is 13.0. The first-order valence-corrected chi connectivity index (χ1v) is 35.0. The molecule has 102 heavy (non-hydrogen) atoms. The van der Waals surface area contributed by atoms with Crippen molar-refractivity contribution in [2.75, 3.05) is 89.5 Å². The number of carbonyl (C=O) groups excluding carboxylic acids is 2. The van der Waals surface area contributed by atoms with Crippen LogP contribution in [0.1, 0.15) is 26.2 Å². The first-order valence-electron chi connectivity index (χ1n) is 32.7. The van der Waals surface area contributed by atoms with Gasteiger partial charge in [-0.15, -0.1) is 0 Å². The molecule has 44 heteroatoms. The molecular formula is C58H95NO41S2. The van der Waals surface area contributed by atoms with E-state index >= 15 is 0 Å². The molecule has 0 aromatic heterocycles. The van der Waals surface area contributed by atoms with Gasteiger partial charge in [-0.1, -0.05) is 0 Å². The van der Waals surface area contributed by atoms with E-state index in [1.54, 1.807) is 0 Å². The number of thioether (sulfide) groups is 2. The highest BCUT2D eigenvalue weighted by atomic mass is 32.2. The van der Waals surface area contributed by atoms with E-state index in [1.807, 2.05) is 0 Å². The second-order valence-corrected chi connectivity index (χ2v) is 27.7. The summed E-state index contributed by atoms with van der Waals surface area (Å²) in [4.78, 5) is 48.7. The van der Waals surface area contributed by atoms with Crippen LogP contribution in [0.5, 0.6) is 0 Å². The Kier molecular flexibility index (Phi) is 32.4. The van der Waals surface area contributed by atoms with Crippen molar-refractivity contribution in [3.05, 3.63) is 0 Å². The van der Waals surface area contributed by atoms with Gasteiger partial charge in [0.1, 0.15) is 171 Å². The smallest absolute Gasteiger partial charge is 0.321 e. The Balaban J connectivity index is 1.07. The maximum Gasteiger partial charge on any atom is 0.321 e. The fraction of sp³-hybridized carbons (Fsp3) is 0.931. The average molecular weight is 1530 g/mol. The van der Waals surface area contributed by atoms with Crippen LogP contribution in [0.25, 0.3) is 0 Å². The lowest BCUT2D eigenvalue weighted by Crippen LogP contribution is -2.69. The zero-order valence-electron chi connectivity index (χ0n) is 54.9. The van der Waals surface area contributed by atoms with Gasteiger partial charge in [0.25, 0.3) is 0 Å².